The van der Waals surface area contributed by atoms with E-state index >= 15 is 0 Å². The van der Waals surface area contributed by atoms with Gasteiger partial charge in [-0.1, -0.05) is 0 Å². The van der Waals surface area contributed by atoms with E-state index in [0.29, 0.717) is 0 Å². The second-order valence-corrected chi connectivity index (χ2v) is 5.72. The van der Waals surface area contributed by atoms with Crippen molar-refractivity contribution in [2.24, 2.45) is 5.73 Å². The zero-order valence-electron chi connectivity index (χ0n) is 8.97. The lowest BCUT2D eigenvalue weighted by Crippen LogP contribution is -2.42. The van der Waals surface area contributed by atoms with E-state index in [4.69, 9.17) is 10.8 Å². The molecule has 8 heteroatoms. The molecule has 0 aliphatic heterocycles. The summed E-state index contributed by atoms with van der Waals surface area (Å²) >= 11 is 0. The molecule has 1 amide bonds. The van der Waals surface area contributed by atoms with Gasteiger partial charge in [-0.2, -0.15) is 0 Å². The van der Waals surface area contributed by atoms with Gasteiger partial charge in [0.1, 0.15) is 9.84 Å². The lowest BCUT2D eigenvalue weighted by atomic mass is 10.1. The smallest absolute Gasteiger partial charge is 0.303 e. The summed E-state index contributed by atoms with van der Waals surface area (Å²) in [7, 11) is -3.12. The monoisotopic (exact) mass is 252 g/mol. The first-order valence-electron chi connectivity index (χ1n) is 4.65. The summed E-state index contributed by atoms with van der Waals surface area (Å²) in [5, 5.41) is 10.7. The summed E-state index contributed by atoms with van der Waals surface area (Å²) in [6.45, 7) is -0.0154. The molecule has 7 nitrogen and oxygen atoms in total. The minimum atomic E-state index is -3.12. The molecule has 4 N–H and O–H groups in total. The molecule has 0 spiro atoms. The Labute approximate surface area is 93.9 Å². The van der Waals surface area contributed by atoms with Crippen LogP contribution in [0.3, 0.4) is 0 Å². The fraction of sp³-hybridized carbons (Fsp3) is 0.750. The third-order valence-electron chi connectivity index (χ3n) is 1.78. The summed E-state index contributed by atoms with van der Waals surface area (Å²) < 4.78 is 21.5. The SMILES string of the molecule is CS(=O)(=O)CCNC(=O)C(N)CCC(=O)O. The molecule has 0 radical (unpaired) electrons. The van der Waals surface area contributed by atoms with Gasteiger partial charge in [-0.05, 0) is 6.42 Å². The zero-order valence-corrected chi connectivity index (χ0v) is 9.79. The topological polar surface area (TPSA) is 127 Å². The van der Waals surface area contributed by atoms with Gasteiger partial charge >= 0.3 is 5.97 Å². The van der Waals surface area contributed by atoms with Crippen molar-refractivity contribution in [2.45, 2.75) is 18.9 Å². The summed E-state index contributed by atoms with van der Waals surface area (Å²) in [6.07, 6.45) is 0.893. The Bertz CT molecular complexity index is 351. The fourth-order valence-electron chi connectivity index (χ4n) is 0.901. The number of hydrogen-bond acceptors (Lipinski definition) is 5. The highest BCUT2D eigenvalue weighted by Crippen LogP contribution is 1.94. The number of carbonyl (C=O) groups is 2. The molecular weight excluding hydrogens is 236 g/mol. The molecule has 0 aliphatic carbocycles. The molecule has 0 aromatic heterocycles. The van der Waals surface area contributed by atoms with Crippen molar-refractivity contribution in [1.82, 2.24) is 5.32 Å². The Morgan fingerprint density at radius 1 is 1.44 bits per heavy atom. The first-order valence-corrected chi connectivity index (χ1v) is 6.71. The summed E-state index contributed by atoms with van der Waals surface area (Å²) in [5.74, 6) is -1.73. The zero-order chi connectivity index (χ0) is 12.8. The van der Waals surface area contributed by atoms with Crippen LogP contribution in [0, 0.1) is 0 Å². The number of amides is 1. The summed E-state index contributed by atoms with van der Waals surface area (Å²) in [4.78, 5) is 21.4. The van der Waals surface area contributed by atoms with E-state index < -0.39 is 27.8 Å². The van der Waals surface area contributed by atoms with Crippen LogP contribution in [-0.2, 0) is 19.4 Å². The first-order chi connectivity index (χ1) is 7.22. The number of carboxylic acids is 1. The third-order valence-corrected chi connectivity index (χ3v) is 2.72. The molecule has 0 bridgehead atoms. The molecule has 0 aliphatic rings. The fourth-order valence-corrected chi connectivity index (χ4v) is 1.37. The van der Waals surface area contributed by atoms with Gasteiger partial charge in [0.15, 0.2) is 0 Å². The van der Waals surface area contributed by atoms with Crippen molar-refractivity contribution >= 4 is 21.7 Å². The average Bonchev–Trinajstić information content (AvgIpc) is 2.11. The molecule has 0 aromatic carbocycles. The van der Waals surface area contributed by atoms with Crippen LogP contribution in [0.1, 0.15) is 12.8 Å². The molecule has 1 atom stereocenters. The molecular formula is C8H16N2O5S. The largest absolute Gasteiger partial charge is 0.481 e. The molecule has 16 heavy (non-hydrogen) atoms. The number of nitrogens with two attached hydrogens (primary N) is 1. The van der Waals surface area contributed by atoms with Crippen LogP contribution in [0.15, 0.2) is 0 Å². The molecule has 0 rings (SSSR count). The Morgan fingerprint density at radius 2 is 2.00 bits per heavy atom. The molecule has 0 heterocycles. The van der Waals surface area contributed by atoms with Gasteiger partial charge in [0.25, 0.3) is 0 Å². The maximum atomic E-state index is 11.2. The predicted molar refractivity (Wildman–Crippen MR) is 57.6 cm³/mol. The number of hydrogen-bond donors (Lipinski definition) is 3. The second kappa shape index (κ2) is 6.44. The van der Waals surface area contributed by atoms with Crippen molar-refractivity contribution in [1.29, 1.82) is 0 Å². The predicted octanol–water partition coefficient (Wildman–Crippen LogP) is -1.66. The van der Waals surface area contributed by atoms with Crippen molar-refractivity contribution in [3.05, 3.63) is 0 Å². The van der Waals surface area contributed by atoms with Crippen LogP contribution in [0.4, 0.5) is 0 Å². The molecule has 0 saturated heterocycles. The van der Waals surface area contributed by atoms with E-state index in [-0.39, 0.29) is 25.1 Å². The van der Waals surface area contributed by atoms with E-state index in [1.54, 1.807) is 0 Å². The number of rotatable bonds is 7. The molecule has 0 aromatic rings. The highest BCUT2D eigenvalue weighted by atomic mass is 32.2. The van der Waals surface area contributed by atoms with Gasteiger partial charge in [-0.25, -0.2) is 8.42 Å². The van der Waals surface area contributed by atoms with Gasteiger partial charge in [0.2, 0.25) is 5.91 Å². The van der Waals surface area contributed by atoms with E-state index in [1.807, 2.05) is 0 Å². The minimum Gasteiger partial charge on any atom is -0.481 e. The van der Waals surface area contributed by atoms with Gasteiger partial charge in [-0.15, -0.1) is 0 Å². The standard InChI is InChI=1S/C8H16N2O5S/c1-16(14,15)5-4-10-8(13)6(9)2-3-7(11)12/h6H,2-5,9H2,1H3,(H,10,13)(H,11,12). The first kappa shape index (κ1) is 14.8. The van der Waals surface area contributed by atoms with Crippen molar-refractivity contribution < 1.29 is 23.1 Å². The lowest BCUT2D eigenvalue weighted by Gasteiger charge is -2.10. The van der Waals surface area contributed by atoms with Crippen LogP contribution in [0.2, 0.25) is 0 Å². The van der Waals surface area contributed by atoms with Crippen molar-refractivity contribution in [2.75, 3.05) is 18.6 Å². The molecule has 1 unspecified atom stereocenters. The average molecular weight is 252 g/mol. The van der Waals surface area contributed by atoms with Crippen molar-refractivity contribution in [3.8, 4) is 0 Å². The Hall–Kier alpha value is -1.15. The summed E-state index contributed by atoms with van der Waals surface area (Å²) in [5.41, 5.74) is 5.39. The number of carbonyl (C=O) groups excluding carboxylic acids is 1. The van der Waals surface area contributed by atoms with Crippen LogP contribution >= 0.6 is 0 Å². The van der Waals surface area contributed by atoms with Gasteiger partial charge in [0.05, 0.1) is 11.8 Å². The normalized spacial score (nSPS) is 13.1. The highest BCUT2D eigenvalue weighted by Gasteiger charge is 2.14. The maximum Gasteiger partial charge on any atom is 0.303 e. The Kier molecular flexibility index (Phi) is 5.97. The number of aliphatic carboxylic acids is 1. The van der Waals surface area contributed by atoms with Crippen molar-refractivity contribution in [3.63, 3.8) is 0 Å². The Balaban J connectivity index is 3.84. The lowest BCUT2D eigenvalue weighted by molar-refractivity contribution is -0.137. The molecule has 94 valence electrons. The maximum absolute atomic E-state index is 11.2. The molecule has 0 fully saturated rings. The summed E-state index contributed by atoms with van der Waals surface area (Å²) in [6, 6.07) is -0.921. The minimum absolute atomic E-state index is 0.0154. The number of nitrogens with one attached hydrogen (secondary N) is 1. The number of carboxylic acid groups (broad SMARTS) is 1. The van der Waals surface area contributed by atoms with Gasteiger partial charge in [0, 0.05) is 19.2 Å². The van der Waals surface area contributed by atoms with Crippen LogP contribution in [0.25, 0.3) is 0 Å². The van der Waals surface area contributed by atoms with E-state index in [9.17, 15) is 18.0 Å². The van der Waals surface area contributed by atoms with Crippen LogP contribution < -0.4 is 11.1 Å². The van der Waals surface area contributed by atoms with Gasteiger partial charge < -0.3 is 16.2 Å². The van der Waals surface area contributed by atoms with E-state index in [2.05, 4.69) is 5.32 Å². The van der Waals surface area contributed by atoms with E-state index in [0.717, 1.165) is 6.26 Å². The molecule has 0 saturated carbocycles. The quantitative estimate of drug-likeness (QED) is 0.497. The van der Waals surface area contributed by atoms with E-state index in [1.165, 1.54) is 0 Å². The second-order valence-electron chi connectivity index (χ2n) is 3.46. The highest BCUT2D eigenvalue weighted by molar-refractivity contribution is 7.90. The third kappa shape index (κ3) is 8.18. The van der Waals surface area contributed by atoms with Crippen LogP contribution in [-0.4, -0.2) is 50.0 Å². The van der Waals surface area contributed by atoms with Crippen LogP contribution in [0.5, 0.6) is 0 Å². The van der Waals surface area contributed by atoms with Gasteiger partial charge in [-0.3, -0.25) is 9.59 Å². The Morgan fingerprint density at radius 3 is 2.44 bits per heavy atom. The number of sulfone groups is 1.